The number of carbonyl (C=O) groups excluding carboxylic acids is 1. The van der Waals surface area contributed by atoms with Gasteiger partial charge in [-0.3, -0.25) is 9.78 Å². The van der Waals surface area contributed by atoms with Crippen LogP contribution in [-0.2, 0) is 6.54 Å². The molecule has 2 rings (SSSR count). The third-order valence-corrected chi connectivity index (χ3v) is 2.47. The standard InChI is InChI=1S/C12H11F2N5O/c13-8-2-1-7(9(14)3-8)4-17-12(20)10-5-16-6-11(18-10)19-15/h1-3,5-6H,4,15H2,(H,17,20)(H,18,19). The molecule has 4 N–H and O–H groups in total. The average molecular weight is 279 g/mol. The van der Waals surface area contributed by atoms with Gasteiger partial charge in [-0.15, -0.1) is 0 Å². The maximum Gasteiger partial charge on any atom is 0.271 e. The summed E-state index contributed by atoms with van der Waals surface area (Å²) >= 11 is 0. The van der Waals surface area contributed by atoms with Crippen LogP contribution in [0.15, 0.2) is 30.6 Å². The van der Waals surface area contributed by atoms with Crippen molar-refractivity contribution in [3.8, 4) is 0 Å². The number of hydrogen-bond donors (Lipinski definition) is 3. The molecule has 0 saturated carbocycles. The number of nitrogen functional groups attached to an aromatic ring is 1. The van der Waals surface area contributed by atoms with Crippen molar-refractivity contribution in [3.05, 3.63) is 53.5 Å². The van der Waals surface area contributed by atoms with Gasteiger partial charge in [0, 0.05) is 18.2 Å². The van der Waals surface area contributed by atoms with E-state index in [0.29, 0.717) is 0 Å². The summed E-state index contributed by atoms with van der Waals surface area (Å²) < 4.78 is 26.1. The number of carbonyl (C=O) groups is 1. The first-order valence-electron chi connectivity index (χ1n) is 5.61. The van der Waals surface area contributed by atoms with Gasteiger partial charge in [0.15, 0.2) is 5.82 Å². The number of hydrogen-bond acceptors (Lipinski definition) is 5. The van der Waals surface area contributed by atoms with Crippen LogP contribution in [0.4, 0.5) is 14.6 Å². The first-order valence-corrected chi connectivity index (χ1v) is 5.61. The molecule has 1 amide bonds. The van der Waals surface area contributed by atoms with Crippen molar-refractivity contribution in [2.24, 2.45) is 5.84 Å². The summed E-state index contributed by atoms with van der Waals surface area (Å²) in [6.45, 7) is -0.0904. The number of nitrogens with two attached hydrogens (primary N) is 1. The van der Waals surface area contributed by atoms with Gasteiger partial charge < -0.3 is 10.7 Å². The second kappa shape index (κ2) is 6.02. The Kier molecular flexibility index (Phi) is 4.16. The molecular formula is C12H11F2N5O. The zero-order valence-corrected chi connectivity index (χ0v) is 10.2. The van der Waals surface area contributed by atoms with Gasteiger partial charge in [0.25, 0.3) is 5.91 Å². The Morgan fingerprint density at radius 3 is 2.80 bits per heavy atom. The van der Waals surface area contributed by atoms with Crippen LogP contribution in [0, 0.1) is 11.6 Å². The van der Waals surface area contributed by atoms with Crippen LogP contribution in [0.5, 0.6) is 0 Å². The molecule has 2 aromatic rings. The summed E-state index contributed by atoms with van der Waals surface area (Å²) in [7, 11) is 0. The van der Waals surface area contributed by atoms with E-state index in [1.165, 1.54) is 18.5 Å². The van der Waals surface area contributed by atoms with Crippen molar-refractivity contribution in [1.82, 2.24) is 15.3 Å². The molecule has 0 atom stereocenters. The smallest absolute Gasteiger partial charge is 0.271 e. The second-order valence-corrected chi connectivity index (χ2v) is 3.85. The highest BCUT2D eigenvalue weighted by Gasteiger charge is 2.10. The molecule has 1 aromatic heterocycles. The van der Waals surface area contributed by atoms with Crippen molar-refractivity contribution < 1.29 is 13.6 Å². The van der Waals surface area contributed by atoms with E-state index in [2.05, 4.69) is 20.7 Å². The Hall–Kier alpha value is -2.61. The average Bonchev–Trinajstić information content (AvgIpc) is 2.46. The minimum Gasteiger partial charge on any atom is -0.346 e. The lowest BCUT2D eigenvalue weighted by Gasteiger charge is -2.06. The van der Waals surface area contributed by atoms with Crippen molar-refractivity contribution in [3.63, 3.8) is 0 Å². The third kappa shape index (κ3) is 3.23. The van der Waals surface area contributed by atoms with Crippen LogP contribution in [-0.4, -0.2) is 15.9 Å². The van der Waals surface area contributed by atoms with Gasteiger partial charge in [-0.1, -0.05) is 6.07 Å². The molecule has 8 heteroatoms. The van der Waals surface area contributed by atoms with Crippen molar-refractivity contribution >= 4 is 11.7 Å². The van der Waals surface area contributed by atoms with Gasteiger partial charge in [-0.05, 0) is 6.07 Å². The van der Waals surface area contributed by atoms with Crippen LogP contribution in [0.3, 0.4) is 0 Å². The van der Waals surface area contributed by atoms with E-state index in [1.807, 2.05) is 0 Å². The minimum absolute atomic E-state index is 0.0305. The quantitative estimate of drug-likeness (QED) is 0.573. The molecule has 1 heterocycles. The lowest BCUT2D eigenvalue weighted by molar-refractivity contribution is 0.0945. The Morgan fingerprint density at radius 1 is 1.30 bits per heavy atom. The van der Waals surface area contributed by atoms with Crippen LogP contribution < -0.4 is 16.6 Å². The number of rotatable bonds is 4. The van der Waals surface area contributed by atoms with Crippen LogP contribution in [0.1, 0.15) is 16.1 Å². The number of anilines is 1. The van der Waals surface area contributed by atoms with Crippen LogP contribution in [0.25, 0.3) is 0 Å². The highest BCUT2D eigenvalue weighted by Crippen LogP contribution is 2.09. The van der Waals surface area contributed by atoms with Crippen molar-refractivity contribution in [2.75, 3.05) is 5.43 Å². The van der Waals surface area contributed by atoms with E-state index in [1.54, 1.807) is 0 Å². The summed E-state index contributed by atoms with van der Waals surface area (Å²) in [5.74, 6) is 3.43. The fourth-order valence-electron chi connectivity index (χ4n) is 1.48. The van der Waals surface area contributed by atoms with Gasteiger partial charge in [0.1, 0.15) is 17.3 Å². The molecule has 0 aliphatic carbocycles. The highest BCUT2D eigenvalue weighted by atomic mass is 19.1. The fourth-order valence-corrected chi connectivity index (χ4v) is 1.48. The Morgan fingerprint density at radius 2 is 2.10 bits per heavy atom. The van der Waals surface area contributed by atoms with Crippen molar-refractivity contribution in [1.29, 1.82) is 0 Å². The summed E-state index contributed by atoms with van der Waals surface area (Å²) in [5.41, 5.74) is 2.45. The van der Waals surface area contributed by atoms with E-state index >= 15 is 0 Å². The van der Waals surface area contributed by atoms with E-state index in [-0.39, 0.29) is 23.6 Å². The number of hydrazine groups is 1. The molecule has 0 fully saturated rings. The van der Waals surface area contributed by atoms with Gasteiger partial charge in [-0.25, -0.2) is 19.6 Å². The van der Waals surface area contributed by atoms with Gasteiger partial charge >= 0.3 is 0 Å². The highest BCUT2D eigenvalue weighted by molar-refractivity contribution is 5.92. The fraction of sp³-hybridized carbons (Fsp3) is 0.0833. The summed E-state index contributed by atoms with van der Waals surface area (Å²) in [6, 6.07) is 3.12. The number of nitrogens with one attached hydrogen (secondary N) is 2. The van der Waals surface area contributed by atoms with E-state index in [9.17, 15) is 13.6 Å². The third-order valence-electron chi connectivity index (χ3n) is 2.47. The van der Waals surface area contributed by atoms with Gasteiger partial charge in [0.2, 0.25) is 0 Å². The molecule has 0 saturated heterocycles. The van der Waals surface area contributed by atoms with E-state index in [0.717, 1.165) is 12.1 Å². The molecule has 0 aliphatic rings. The van der Waals surface area contributed by atoms with E-state index < -0.39 is 17.5 Å². The van der Waals surface area contributed by atoms with E-state index in [4.69, 9.17) is 5.84 Å². The molecule has 0 aliphatic heterocycles. The molecule has 0 unspecified atom stereocenters. The lowest BCUT2D eigenvalue weighted by atomic mass is 10.2. The largest absolute Gasteiger partial charge is 0.346 e. The molecule has 6 nitrogen and oxygen atoms in total. The predicted molar refractivity (Wildman–Crippen MR) is 67.4 cm³/mol. The lowest BCUT2D eigenvalue weighted by Crippen LogP contribution is -2.25. The number of amides is 1. The zero-order chi connectivity index (χ0) is 14.5. The normalized spacial score (nSPS) is 10.2. The summed E-state index contributed by atoms with van der Waals surface area (Å²) in [4.78, 5) is 19.4. The first kappa shape index (κ1) is 13.8. The first-order chi connectivity index (χ1) is 9.60. The SMILES string of the molecule is NNc1cncc(C(=O)NCc2ccc(F)cc2F)n1. The number of nitrogens with zero attached hydrogens (tertiary/aromatic N) is 2. The second-order valence-electron chi connectivity index (χ2n) is 3.85. The predicted octanol–water partition coefficient (Wildman–Crippen LogP) is 0.970. The van der Waals surface area contributed by atoms with Gasteiger partial charge in [-0.2, -0.15) is 0 Å². The minimum atomic E-state index is -0.728. The molecule has 0 spiro atoms. The maximum atomic E-state index is 13.4. The van der Waals surface area contributed by atoms with Crippen LogP contribution in [0.2, 0.25) is 0 Å². The molecular weight excluding hydrogens is 268 g/mol. The molecule has 1 aromatic carbocycles. The summed E-state index contributed by atoms with van der Waals surface area (Å²) in [5, 5.41) is 2.45. The number of halogens is 2. The monoisotopic (exact) mass is 279 g/mol. The molecule has 0 radical (unpaired) electrons. The molecule has 104 valence electrons. The Labute approximate surface area is 113 Å². The Bertz CT molecular complexity index is 635. The topological polar surface area (TPSA) is 92.9 Å². The molecule has 0 bridgehead atoms. The molecule has 20 heavy (non-hydrogen) atoms. The number of benzene rings is 1. The maximum absolute atomic E-state index is 13.4. The van der Waals surface area contributed by atoms with Crippen molar-refractivity contribution in [2.45, 2.75) is 6.54 Å². The number of aromatic nitrogens is 2. The zero-order valence-electron chi connectivity index (χ0n) is 10.2. The Balaban J connectivity index is 2.04. The van der Waals surface area contributed by atoms with Crippen LogP contribution >= 0.6 is 0 Å². The van der Waals surface area contributed by atoms with Gasteiger partial charge in [0.05, 0.1) is 12.4 Å². The summed E-state index contributed by atoms with van der Waals surface area (Å²) in [6.07, 6.45) is 2.59.